The first-order chi connectivity index (χ1) is 14.0. The van der Waals surface area contributed by atoms with Gasteiger partial charge < -0.3 is 14.2 Å². The van der Waals surface area contributed by atoms with E-state index in [1.165, 1.54) is 13.3 Å². The molecule has 4 rings (SSSR count). The molecule has 8 nitrogen and oxygen atoms in total. The Balaban J connectivity index is 1.50. The van der Waals surface area contributed by atoms with Crippen molar-refractivity contribution in [1.29, 1.82) is 0 Å². The lowest BCUT2D eigenvalue weighted by molar-refractivity contribution is -0.143. The predicted octanol–water partition coefficient (Wildman–Crippen LogP) is 1.78. The molecule has 29 heavy (non-hydrogen) atoms. The van der Waals surface area contributed by atoms with Crippen molar-refractivity contribution >= 4 is 24.0 Å². The summed E-state index contributed by atoms with van der Waals surface area (Å²) in [5.74, 6) is -0.385. The highest BCUT2D eigenvalue weighted by Crippen LogP contribution is 2.52. The van der Waals surface area contributed by atoms with Crippen LogP contribution in [-0.4, -0.2) is 49.3 Å². The lowest BCUT2D eigenvalue weighted by Gasteiger charge is -2.13. The number of amides is 2. The van der Waals surface area contributed by atoms with Crippen LogP contribution < -0.4 is 9.47 Å². The number of allylic oxidation sites excluding steroid dienone is 2. The minimum atomic E-state index is -0.502. The van der Waals surface area contributed by atoms with Crippen LogP contribution in [0, 0.1) is 23.7 Å². The number of hydrogen-bond acceptors (Lipinski definition) is 7. The first kappa shape index (κ1) is 19.2. The SMILES string of the molecule is CCOc1cc(C=NN2C(=O)[C@@H]3[C@H](C2=O)[C@H]2C=C[C@H]3C2)ccc1OCC(=O)OC. The molecule has 152 valence electrons. The first-order valence-corrected chi connectivity index (χ1v) is 9.60. The monoisotopic (exact) mass is 398 g/mol. The second-order valence-corrected chi connectivity index (χ2v) is 7.24. The highest BCUT2D eigenvalue weighted by Gasteiger charge is 2.59. The summed E-state index contributed by atoms with van der Waals surface area (Å²) in [4.78, 5) is 36.6. The van der Waals surface area contributed by atoms with Crippen molar-refractivity contribution in [2.45, 2.75) is 13.3 Å². The van der Waals surface area contributed by atoms with Crippen molar-refractivity contribution in [3.8, 4) is 11.5 Å². The van der Waals surface area contributed by atoms with Gasteiger partial charge in [0.25, 0.3) is 11.8 Å². The minimum absolute atomic E-state index is 0.150. The van der Waals surface area contributed by atoms with Crippen molar-refractivity contribution in [2.75, 3.05) is 20.3 Å². The molecule has 1 heterocycles. The molecule has 0 spiro atoms. The predicted molar refractivity (Wildman–Crippen MR) is 102 cm³/mol. The molecule has 2 bridgehead atoms. The van der Waals surface area contributed by atoms with E-state index in [9.17, 15) is 14.4 Å². The molecule has 0 aromatic heterocycles. The fourth-order valence-electron chi connectivity index (χ4n) is 4.31. The summed E-state index contributed by atoms with van der Waals surface area (Å²) in [6, 6.07) is 5.02. The number of hydrogen-bond donors (Lipinski definition) is 0. The van der Waals surface area contributed by atoms with Crippen molar-refractivity contribution in [2.24, 2.45) is 28.8 Å². The quantitative estimate of drug-likeness (QED) is 0.301. The lowest BCUT2D eigenvalue weighted by Crippen LogP contribution is -2.28. The molecule has 0 radical (unpaired) electrons. The zero-order valence-corrected chi connectivity index (χ0v) is 16.2. The summed E-state index contributed by atoms with van der Waals surface area (Å²) in [6.45, 7) is 1.99. The number of rotatable bonds is 7. The zero-order valence-electron chi connectivity index (χ0n) is 16.2. The fourth-order valence-corrected chi connectivity index (χ4v) is 4.31. The van der Waals surface area contributed by atoms with E-state index < -0.39 is 5.97 Å². The van der Waals surface area contributed by atoms with Crippen LogP contribution in [0.4, 0.5) is 0 Å². The van der Waals surface area contributed by atoms with Gasteiger partial charge in [-0.15, -0.1) is 0 Å². The van der Waals surface area contributed by atoms with E-state index in [0.717, 1.165) is 11.4 Å². The maximum absolute atomic E-state index is 12.7. The standard InChI is InChI=1S/C21H22N2O6/c1-3-28-16-8-12(4-7-15(16)29-11-17(24)27-2)10-22-23-20(25)18-13-5-6-14(9-13)19(18)21(23)26/h4-8,10,13-14,18-19H,3,9,11H2,1-2H3/t13-,14-,18-,19+/m0/s1. The number of benzene rings is 1. The summed E-state index contributed by atoms with van der Waals surface area (Å²) in [5, 5.41) is 5.17. The molecule has 3 aliphatic rings. The van der Waals surface area contributed by atoms with Crippen LogP contribution in [0.15, 0.2) is 35.5 Å². The van der Waals surface area contributed by atoms with Gasteiger partial charge in [-0.2, -0.15) is 10.1 Å². The third kappa shape index (κ3) is 3.39. The van der Waals surface area contributed by atoms with E-state index in [4.69, 9.17) is 9.47 Å². The smallest absolute Gasteiger partial charge is 0.343 e. The highest BCUT2D eigenvalue weighted by molar-refractivity contribution is 6.06. The number of nitrogens with zero attached hydrogens (tertiary/aromatic N) is 2. The van der Waals surface area contributed by atoms with Crippen molar-refractivity contribution < 1.29 is 28.6 Å². The second kappa shape index (κ2) is 7.69. The van der Waals surface area contributed by atoms with Gasteiger partial charge in [0, 0.05) is 0 Å². The van der Waals surface area contributed by atoms with Crippen molar-refractivity contribution in [3.63, 3.8) is 0 Å². The number of imide groups is 1. The van der Waals surface area contributed by atoms with E-state index >= 15 is 0 Å². The van der Waals surface area contributed by atoms with E-state index in [0.29, 0.717) is 23.7 Å². The first-order valence-electron chi connectivity index (χ1n) is 9.60. The van der Waals surface area contributed by atoms with Crippen LogP contribution in [0.25, 0.3) is 0 Å². The summed E-state index contributed by atoms with van der Waals surface area (Å²) in [5.41, 5.74) is 0.637. The van der Waals surface area contributed by atoms with Gasteiger partial charge in [0.15, 0.2) is 18.1 Å². The third-order valence-electron chi connectivity index (χ3n) is 5.61. The van der Waals surface area contributed by atoms with Crippen LogP contribution in [0.3, 0.4) is 0 Å². The second-order valence-electron chi connectivity index (χ2n) is 7.24. The fraction of sp³-hybridized carbons (Fsp3) is 0.429. The molecule has 0 N–H and O–H groups in total. The number of hydrazone groups is 1. The van der Waals surface area contributed by atoms with Gasteiger partial charge in [0.05, 0.1) is 31.8 Å². The van der Waals surface area contributed by atoms with Gasteiger partial charge in [0.2, 0.25) is 0 Å². The molecule has 4 atom stereocenters. The summed E-state index contributed by atoms with van der Waals surface area (Å²) in [6.07, 6.45) is 6.44. The number of fused-ring (bicyclic) bond motifs is 5. The van der Waals surface area contributed by atoms with Crippen LogP contribution in [0.2, 0.25) is 0 Å². The third-order valence-corrected chi connectivity index (χ3v) is 5.61. The Hall–Kier alpha value is -3.16. The Labute approximate surface area is 168 Å². The van der Waals surface area contributed by atoms with Crippen molar-refractivity contribution in [3.05, 3.63) is 35.9 Å². The number of ether oxygens (including phenoxy) is 3. The molecule has 1 aliphatic heterocycles. The molecule has 2 amide bonds. The highest BCUT2D eigenvalue weighted by atomic mass is 16.6. The molecule has 2 aliphatic carbocycles. The van der Waals surface area contributed by atoms with Gasteiger partial charge in [-0.3, -0.25) is 9.59 Å². The Morgan fingerprint density at radius 2 is 1.83 bits per heavy atom. The Morgan fingerprint density at radius 1 is 1.14 bits per heavy atom. The van der Waals surface area contributed by atoms with Crippen LogP contribution >= 0.6 is 0 Å². The molecule has 1 aromatic carbocycles. The number of methoxy groups -OCH3 is 1. The van der Waals surface area contributed by atoms with Crippen LogP contribution in [0.5, 0.6) is 11.5 Å². The van der Waals surface area contributed by atoms with Gasteiger partial charge in [0.1, 0.15) is 0 Å². The average molecular weight is 398 g/mol. The molecule has 2 fully saturated rings. The molecule has 1 saturated carbocycles. The normalized spacial score (nSPS) is 27.0. The summed E-state index contributed by atoms with van der Waals surface area (Å²) >= 11 is 0. The zero-order chi connectivity index (χ0) is 20.5. The summed E-state index contributed by atoms with van der Waals surface area (Å²) < 4.78 is 15.5. The van der Waals surface area contributed by atoms with Gasteiger partial charge in [-0.05, 0) is 48.9 Å². The minimum Gasteiger partial charge on any atom is -0.490 e. The molecule has 8 heteroatoms. The molecular formula is C21H22N2O6. The Morgan fingerprint density at radius 3 is 2.45 bits per heavy atom. The van der Waals surface area contributed by atoms with E-state index in [1.54, 1.807) is 18.2 Å². The molecule has 1 saturated heterocycles. The maximum atomic E-state index is 12.7. The van der Waals surface area contributed by atoms with E-state index in [-0.39, 0.29) is 42.1 Å². The van der Waals surface area contributed by atoms with Gasteiger partial charge in [-0.25, -0.2) is 4.79 Å². The lowest BCUT2D eigenvalue weighted by atomic mass is 9.85. The van der Waals surface area contributed by atoms with E-state index in [1.807, 2.05) is 19.1 Å². The Kier molecular flexibility index (Phi) is 5.08. The summed E-state index contributed by atoms with van der Waals surface area (Å²) in [7, 11) is 1.28. The van der Waals surface area contributed by atoms with Crippen LogP contribution in [-0.2, 0) is 19.1 Å². The Bertz CT molecular complexity index is 878. The number of esters is 1. The van der Waals surface area contributed by atoms with E-state index in [2.05, 4.69) is 9.84 Å². The van der Waals surface area contributed by atoms with Gasteiger partial charge >= 0.3 is 5.97 Å². The number of carbonyl (C=O) groups is 3. The number of carbonyl (C=O) groups excluding carboxylic acids is 3. The molecule has 0 unspecified atom stereocenters. The maximum Gasteiger partial charge on any atom is 0.343 e. The molecule has 1 aromatic rings. The molecular weight excluding hydrogens is 376 g/mol. The van der Waals surface area contributed by atoms with Gasteiger partial charge in [-0.1, -0.05) is 12.2 Å². The largest absolute Gasteiger partial charge is 0.490 e. The van der Waals surface area contributed by atoms with Crippen LogP contribution in [0.1, 0.15) is 18.9 Å². The average Bonchev–Trinajstić information content (AvgIpc) is 3.40. The topological polar surface area (TPSA) is 94.5 Å². The van der Waals surface area contributed by atoms with Crippen molar-refractivity contribution in [1.82, 2.24) is 5.01 Å².